The van der Waals surface area contributed by atoms with Crippen LogP contribution in [0.3, 0.4) is 0 Å². The van der Waals surface area contributed by atoms with Crippen LogP contribution in [0.2, 0.25) is 0 Å². The van der Waals surface area contributed by atoms with Crippen molar-refractivity contribution in [3.05, 3.63) is 5.69 Å². The summed E-state index contributed by atoms with van der Waals surface area (Å²) < 4.78 is 2.19. The highest BCUT2D eigenvalue weighted by Gasteiger charge is 2.41. The van der Waals surface area contributed by atoms with Gasteiger partial charge in [0.15, 0.2) is 0 Å². The molecular formula is C18H30N6. The van der Waals surface area contributed by atoms with Gasteiger partial charge in [-0.15, -0.1) is 0 Å². The van der Waals surface area contributed by atoms with E-state index in [1.165, 1.54) is 25.7 Å². The number of imidazole rings is 1. The monoisotopic (exact) mass is 330 g/mol. The first-order valence-electron chi connectivity index (χ1n) is 9.27. The molecule has 1 aromatic rings. The van der Waals surface area contributed by atoms with Gasteiger partial charge in [0, 0.05) is 33.2 Å². The summed E-state index contributed by atoms with van der Waals surface area (Å²) in [4.78, 5) is 14.0. The van der Waals surface area contributed by atoms with Crippen molar-refractivity contribution in [1.82, 2.24) is 14.9 Å². The SMILES string of the molecule is CC(C)N(C)c1nc2c(n1C)N(C)C=NC2NC1CC2CCC1C2. The highest BCUT2D eigenvalue weighted by atomic mass is 15.4. The van der Waals surface area contributed by atoms with Gasteiger partial charge in [0.25, 0.3) is 0 Å². The highest BCUT2D eigenvalue weighted by molar-refractivity contribution is 5.81. The minimum atomic E-state index is -0.0129. The van der Waals surface area contributed by atoms with E-state index in [0.717, 1.165) is 29.3 Å². The van der Waals surface area contributed by atoms with Gasteiger partial charge < -0.3 is 9.80 Å². The van der Waals surface area contributed by atoms with E-state index in [2.05, 4.69) is 54.7 Å². The summed E-state index contributed by atoms with van der Waals surface area (Å²) in [5.41, 5.74) is 1.06. The van der Waals surface area contributed by atoms with Gasteiger partial charge in [-0.3, -0.25) is 9.88 Å². The molecule has 2 aliphatic carbocycles. The van der Waals surface area contributed by atoms with E-state index in [-0.39, 0.29) is 6.17 Å². The summed E-state index contributed by atoms with van der Waals surface area (Å²) in [6, 6.07) is 1.02. The molecule has 6 heteroatoms. The molecule has 2 heterocycles. The second kappa shape index (κ2) is 5.76. The Morgan fingerprint density at radius 3 is 2.67 bits per heavy atom. The minimum absolute atomic E-state index is 0.0129. The van der Waals surface area contributed by atoms with Gasteiger partial charge in [-0.1, -0.05) is 6.42 Å². The maximum atomic E-state index is 4.98. The van der Waals surface area contributed by atoms with E-state index in [0.29, 0.717) is 12.1 Å². The van der Waals surface area contributed by atoms with Crippen LogP contribution >= 0.6 is 0 Å². The molecule has 4 rings (SSSR count). The second-order valence-corrected chi connectivity index (χ2v) is 8.11. The van der Waals surface area contributed by atoms with Crippen molar-refractivity contribution in [3.63, 3.8) is 0 Å². The van der Waals surface area contributed by atoms with Gasteiger partial charge >= 0.3 is 0 Å². The first-order valence-corrected chi connectivity index (χ1v) is 9.27. The van der Waals surface area contributed by atoms with Crippen LogP contribution in [-0.4, -0.2) is 42.1 Å². The molecule has 0 aromatic carbocycles. The van der Waals surface area contributed by atoms with Crippen molar-refractivity contribution in [3.8, 4) is 0 Å². The maximum absolute atomic E-state index is 4.98. The molecule has 132 valence electrons. The Hall–Kier alpha value is -1.56. The van der Waals surface area contributed by atoms with Gasteiger partial charge in [0.2, 0.25) is 5.95 Å². The van der Waals surface area contributed by atoms with Gasteiger partial charge in [0.05, 0.1) is 6.34 Å². The molecule has 0 amide bonds. The Labute approximate surface area is 144 Å². The Balaban J connectivity index is 1.62. The average Bonchev–Trinajstić information content (AvgIpc) is 3.24. The Kier molecular flexibility index (Phi) is 3.82. The molecule has 0 radical (unpaired) electrons. The first kappa shape index (κ1) is 15.9. The summed E-state index contributed by atoms with van der Waals surface area (Å²) in [6.07, 6.45) is 7.46. The molecule has 1 N–H and O–H groups in total. The summed E-state index contributed by atoms with van der Waals surface area (Å²) in [7, 11) is 6.26. The molecule has 1 aromatic heterocycles. The molecule has 3 aliphatic rings. The predicted octanol–water partition coefficient (Wildman–Crippen LogP) is 2.52. The normalized spacial score (nSPS) is 31.2. The Morgan fingerprint density at radius 2 is 2.04 bits per heavy atom. The molecule has 2 saturated carbocycles. The number of fused-ring (bicyclic) bond motifs is 3. The fraction of sp³-hybridized carbons (Fsp3) is 0.778. The van der Waals surface area contributed by atoms with Crippen LogP contribution in [0.15, 0.2) is 4.99 Å². The molecule has 2 bridgehead atoms. The lowest BCUT2D eigenvalue weighted by atomic mass is 9.95. The molecule has 2 fully saturated rings. The number of rotatable bonds is 4. The number of hydrogen-bond donors (Lipinski definition) is 1. The fourth-order valence-electron chi connectivity index (χ4n) is 4.71. The zero-order chi connectivity index (χ0) is 17.0. The third kappa shape index (κ3) is 2.42. The van der Waals surface area contributed by atoms with E-state index < -0.39 is 0 Å². The lowest BCUT2D eigenvalue weighted by Crippen LogP contribution is -2.38. The fourth-order valence-corrected chi connectivity index (χ4v) is 4.71. The summed E-state index contributed by atoms with van der Waals surface area (Å²) in [5.74, 6) is 3.93. The van der Waals surface area contributed by atoms with Crippen molar-refractivity contribution in [2.45, 2.75) is 57.8 Å². The minimum Gasteiger partial charge on any atom is -0.343 e. The lowest BCUT2D eigenvalue weighted by molar-refractivity contribution is 0.320. The number of aliphatic imine (C=N–C) groups is 1. The van der Waals surface area contributed by atoms with Crippen LogP contribution in [0.1, 0.15) is 51.4 Å². The molecule has 4 unspecified atom stereocenters. The summed E-state index contributed by atoms with van der Waals surface area (Å²) in [6.45, 7) is 4.39. The molecule has 0 saturated heterocycles. The van der Waals surface area contributed by atoms with Crippen molar-refractivity contribution in [2.24, 2.45) is 23.9 Å². The standard InChI is InChI=1S/C18H30N6/c1-11(2)23(4)18-21-15-16(19-10-22(3)17(15)24(18)5)20-14-9-12-6-7-13(14)8-12/h10-14,16,20H,6-9H2,1-5H3. The van der Waals surface area contributed by atoms with Crippen LogP contribution in [0, 0.1) is 11.8 Å². The topological polar surface area (TPSA) is 48.7 Å². The lowest BCUT2D eigenvalue weighted by Gasteiger charge is -2.30. The molecule has 0 spiro atoms. The van der Waals surface area contributed by atoms with Crippen LogP contribution in [0.5, 0.6) is 0 Å². The zero-order valence-electron chi connectivity index (χ0n) is 15.5. The Bertz CT molecular complexity index is 648. The van der Waals surface area contributed by atoms with Crippen molar-refractivity contribution < 1.29 is 0 Å². The van der Waals surface area contributed by atoms with Crippen LogP contribution in [0.4, 0.5) is 11.8 Å². The number of hydrogen-bond acceptors (Lipinski definition) is 5. The first-order chi connectivity index (χ1) is 11.5. The average molecular weight is 330 g/mol. The van der Waals surface area contributed by atoms with E-state index in [4.69, 9.17) is 9.98 Å². The Morgan fingerprint density at radius 1 is 1.25 bits per heavy atom. The van der Waals surface area contributed by atoms with Gasteiger partial charge in [0.1, 0.15) is 17.7 Å². The quantitative estimate of drug-likeness (QED) is 0.921. The van der Waals surface area contributed by atoms with Gasteiger partial charge in [-0.05, 0) is 44.9 Å². The van der Waals surface area contributed by atoms with Crippen LogP contribution in [0.25, 0.3) is 0 Å². The number of aromatic nitrogens is 2. The predicted molar refractivity (Wildman–Crippen MR) is 98.8 cm³/mol. The maximum Gasteiger partial charge on any atom is 0.207 e. The molecular weight excluding hydrogens is 300 g/mol. The highest BCUT2D eigenvalue weighted by Crippen LogP contribution is 2.45. The smallest absolute Gasteiger partial charge is 0.207 e. The van der Waals surface area contributed by atoms with Crippen LogP contribution in [-0.2, 0) is 7.05 Å². The molecule has 6 nitrogen and oxygen atoms in total. The number of anilines is 2. The molecule has 24 heavy (non-hydrogen) atoms. The van der Waals surface area contributed by atoms with Crippen molar-refractivity contribution in [1.29, 1.82) is 0 Å². The third-order valence-corrected chi connectivity index (χ3v) is 6.25. The van der Waals surface area contributed by atoms with E-state index in [9.17, 15) is 0 Å². The van der Waals surface area contributed by atoms with Crippen molar-refractivity contribution >= 4 is 18.1 Å². The van der Waals surface area contributed by atoms with E-state index in [1.54, 1.807) is 0 Å². The summed E-state index contributed by atoms with van der Waals surface area (Å²) in [5, 5.41) is 3.82. The second-order valence-electron chi connectivity index (χ2n) is 8.11. The number of nitrogens with one attached hydrogen (secondary N) is 1. The summed E-state index contributed by atoms with van der Waals surface area (Å²) >= 11 is 0. The largest absolute Gasteiger partial charge is 0.343 e. The molecule has 4 atom stereocenters. The van der Waals surface area contributed by atoms with Gasteiger partial charge in [-0.25, -0.2) is 9.98 Å². The molecule has 1 aliphatic heterocycles. The van der Waals surface area contributed by atoms with E-state index in [1.807, 2.05) is 6.34 Å². The number of nitrogens with zero attached hydrogens (tertiary/aromatic N) is 5. The third-order valence-electron chi connectivity index (χ3n) is 6.25. The zero-order valence-corrected chi connectivity index (χ0v) is 15.5. The van der Waals surface area contributed by atoms with Crippen LogP contribution < -0.4 is 15.1 Å². The van der Waals surface area contributed by atoms with E-state index >= 15 is 0 Å². The van der Waals surface area contributed by atoms with Crippen molar-refractivity contribution in [2.75, 3.05) is 23.9 Å². The van der Waals surface area contributed by atoms with Gasteiger partial charge in [-0.2, -0.15) is 0 Å².